The second kappa shape index (κ2) is 37.4. The molecule has 9 heteroatoms. The molecular formula is C66H97NO8. The number of methoxy groups -OCH3 is 1. The van der Waals surface area contributed by atoms with E-state index >= 15 is 0 Å². The van der Waals surface area contributed by atoms with Crippen LogP contribution >= 0.6 is 0 Å². The summed E-state index contributed by atoms with van der Waals surface area (Å²) in [5.74, 6) is 1.64. The number of rotatable bonds is 41. The first kappa shape index (κ1) is 61.5. The minimum Gasteiger partial charge on any atom is -0.497 e. The van der Waals surface area contributed by atoms with Gasteiger partial charge in [0.15, 0.2) is 12.1 Å². The third-order valence-electron chi connectivity index (χ3n) is 15.6. The number of unbranched alkanes of at least 4 members (excludes halogenated alkanes) is 17. The molecule has 0 radical (unpaired) electrons. The lowest BCUT2D eigenvalue weighted by Gasteiger charge is -2.44. The third kappa shape index (κ3) is 24.2. The van der Waals surface area contributed by atoms with E-state index in [9.17, 15) is 9.59 Å². The highest BCUT2D eigenvalue weighted by atomic mass is 16.7. The lowest BCUT2D eigenvalue weighted by atomic mass is 9.79. The van der Waals surface area contributed by atoms with Crippen LogP contribution in [0.25, 0.3) is 0 Å². The molecule has 1 aliphatic rings. The fourth-order valence-corrected chi connectivity index (χ4v) is 10.4. The molecule has 1 saturated heterocycles. The average molecular weight is 1030 g/mol. The lowest BCUT2D eigenvalue weighted by Crippen LogP contribution is -2.54. The zero-order valence-corrected chi connectivity index (χ0v) is 46.9. The zero-order chi connectivity index (χ0) is 53.1. The van der Waals surface area contributed by atoms with E-state index in [1.54, 1.807) is 7.11 Å². The van der Waals surface area contributed by atoms with Gasteiger partial charge in [0.25, 0.3) is 0 Å². The van der Waals surface area contributed by atoms with Gasteiger partial charge in [-0.05, 0) is 72.1 Å². The standard InChI is InChI=1S/C66H97NO8/c1-6-7-8-9-10-11-12-13-14-17-20-32-41-62(72-48-56-36-27-23-28-37-56)65(73-49-57-38-29-24-30-39-57)60(50-74-66-54(4)52(2)53(3)63(75-66)51-71-47-55-34-25-22-26-35-55)67-64(69)42-33-21-18-15-16-19-31-40-61(68)58-43-45-59(70-5)46-44-58/h22-30,34-39,43-46,52-54,60,62-63,65-66H,6-21,31-33,40-42,47-51H2,1-5H3,(H,67,69)/t52-,53+,54?,60-,62+,63?,65-,66-/m0/s1. The monoisotopic (exact) mass is 1030 g/mol. The highest BCUT2D eigenvalue weighted by molar-refractivity contribution is 5.96. The number of benzene rings is 4. The van der Waals surface area contributed by atoms with E-state index in [0.29, 0.717) is 45.2 Å². The van der Waals surface area contributed by atoms with Crippen LogP contribution in [0.3, 0.4) is 0 Å². The Labute approximate surface area is 453 Å². The molecule has 1 N–H and O–H groups in total. The quantitative estimate of drug-likeness (QED) is 0.0346. The normalized spacial score (nSPS) is 18.8. The molecule has 0 saturated carbocycles. The van der Waals surface area contributed by atoms with Crippen LogP contribution in [-0.4, -0.2) is 62.7 Å². The van der Waals surface area contributed by atoms with Crippen LogP contribution < -0.4 is 10.1 Å². The lowest BCUT2D eigenvalue weighted by molar-refractivity contribution is -0.262. The van der Waals surface area contributed by atoms with Crippen molar-refractivity contribution in [1.82, 2.24) is 5.32 Å². The molecule has 1 amide bonds. The minimum atomic E-state index is -0.502. The minimum absolute atomic E-state index is 0.00656. The Bertz CT molecular complexity index is 2050. The molecule has 2 unspecified atom stereocenters. The molecule has 4 aromatic rings. The molecule has 8 atom stereocenters. The van der Waals surface area contributed by atoms with Crippen molar-refractivity contribution in [3.8, 4) is 5.75 Å². The van der Waals surface area contributed by atoms with Gasteiger partial charge in [0, 0.05) is 24.3 Å². The Balaban J connectivity index is 1.25. The number of nitrogens with one attached hydrogen (secondary N) is 1. The van der Waals surface area contributed by atoms with Crippen LogP contribution in [-0.2, 0) is 48.3 Å². The first-order chi connectivity index (χ1) is 36.7. The van der Waals surface area contributed by atoms with Crippen LogP contribution in [0.15, 0.2) is 115 Å². The molecule has 1 aliphatic heterocycles. The van der Waals surface area contributed by atoms with E-state index in [-0.39, 0.29) is 42.3 Å². The van der Waals surface area contributed by atoms with Crippen LogP contribution in [0.5, 0.6) is 5.75 Å². The van der Waals surface area contributed by atoms with Gasteiger partial charge >= 0.3 is 0 Å². The van der Waals surface area contributed by atoms with E-state index in [1.165, 1.54) is 64.2 Å². The molecule has 5 rings (SSSR count). The summed E-state index contributed by atoms with van der Waals surface area (Å²) in [6, 6.07) is 37.8. The smallest absolute Gasteiger partial charge is 0.220 e. The number of ketones is 1. The Hall–Kier alpha value is -4.38. The van der Waals surface area contributed by atoms with Crippen LogP contribution in [0.1, 0.15) is 196 Å². The molecule has 1 fully saturated rings. The molecule has 4 aromatic carbocycles. The third-order valence-corrected chi connectivity index (χ3v) is 15.6. The van der Waals surface area contributed by atoms with Crippen LogP contribution in [0.4, 0.5) is 0 Å². The van der Waals surface area contributed by atoms with Crippen LogP contribution in [0, 0.1) is 17.8 Å². The number of Topliss-reactive ketones (excluding diaryl/α,β-unsaturated/α-hetero) is 1. The number of hydrogen-bond donors (Lipinski definition) is 1. The van der Waals surface area contributed by atoms with Gasteiger partial charge in [0.2, 0.25) is 5.91 Å². The fraction of sp³-hybridized carbons (Fsp3) is 0.606. The molecule has 0 aromatic heterocycles. The second-order valence-electron chi connectivity index (χ2n) is 21.5. The van der Waals surface area contributed by atoms with Gasteiger partial charge in [-0.25, -0.2) is 0 Å². The maximum atomic E-state index is 14.2. The first-order valence-electron chi connectivity index (χ1n) is 29.4. The van der Waals surface area contributed by atoms with Crippen molar-refractivity contribution in [2.45, 2.75) is 219 Å². The fourth-order valence-electron chi connectivity index (χ4n) is 10.4. The molecule has 0 bridgehead atoms. The molecule has 0 aliphatic carbocycles. The van der Waals surface area contributed by atoms with Crippen molar-refractivity contribution in [2.75, 3.05) is 20.3 Å². The Morgan fingerprint density at radius 3 is 1.59 bits per heavy atom. The van der Waals surface area contributed by atoms with Gasteiger partial charge < -0.3 is 33.7 Å². The number of carbonyl (C=O) groups excluding carboxylic acids is 2. The predicted molar refractivity (Wildman–Crippen MR) is 305 cm³/mol. The van der Waals surface area contributed by atoms with Gasteiger partial charge in [0.05, 0.1) is 58.4 Å². The maximum absolute atomic E-state index is 14.2. The first-order valence-corrected chi connectivity index (χ1v) is 29.4. The molecular weight excluding hydrogens is 935 g/mol. The number of amides is 1. The summed E-state index contributed by atoms with van der Waals surface area (Å²) < 4.78 is 39.3. The van der Waals surface area contributed by atoms with E-state index in [1.807, 2.05) is 66.7 Å². The van der Waals surface area contributed by atoms with Crippen molar-refractivity contribution in [2.24, 2.45) is 17.8 Å². The Kier molecular flexibility index (Phi) is 30.7. The summed E-state index contributed by atoms with van der Waals surface area (Å²) in [6.45, 7) is 11.1. The van der Waals surface area contributed by atoms with Crippen molar-refractivity contribution >= 4 is 11.7 Å². The summed E-state index contributed by atoms with van der Waals surface area (Å²) in [5, 5.41) is 3.48. The highest BCUT2D eigenvalue weighted by Crippen LogP contribution is 2.36. The van der Waals surface area contributed by atoms with E-state index in [0.717, 1.165) is 92.2 Å². The number of carbonyl (C=O) groups is 2. The maximum Gasteiger partial charge on any atom is 0.220 e. The van der Waals surface area contributed by atoms with Gasteiger partial charge in [0.1, 0.15) is 11.9 Å². The van der Waals surface area contributed by atoms with E-state index < -0.39 is 18.4 Å². The molecule has 75 heavy (non-hydrogen) atoms. The second-order valence-corrected chi connectivity index (χ2v) is 21.5. The van der Waals surface area contributed by atoms with E-state index in [2.05, 4.69) is 81.5 Å². The van der Waals surface area contributed by atoms with Crippen molar-refractivity contribution in [3.63, 3.8) is 0 Å². The molecule has 0 spiro atoms. The van der Waals surface area contributed by atoms with Gasteiger partial charge in [-0.1, -0.05) is 228 Å². The Morgan fingerprint density at radius 2 is 1.04 bits per heavy atom. The summed E-state index contributed by atoms with van der Waals surface area (Å²) >= 11 is 0. The SMILES string of the molecule is CCCCCCCCCCCCCC[C@@H](OCc1ccccc1)[C@@H](OCc1ccccc1)[C@H](CO[C@H]1OC(COCc2ccccc2)[C@H](C)[C@H](C)C1C)NC(=O)CCCCCCCCCC(=O)c1ccc(OC)cc1. The van der Waals surface area contributed by atoms with Crippen molar-refractivity contribution in [1.29, 1.82) is 0 Å². The van der Waals surface area contributed by atoms with Gasteiger partial charge in [-0.15, -0.1) is 0 Å². The molecule has 9 nitrogen and oxygen atoms in total. The van der Waals surface area contributed by atoms with Gasteiger partial charge in [-0.3, -0.25) is 9.59 Å². The summed E-state index contributed by atoms with van der Waals surface area (Å²) in [6.07, 6.45) is 22.5. The summed E-state index contributed by atoms with van der Waals surface area (Å²) in [7, 11) is 1.63. The van der Waals surface area contributed by atoms with E-state index in [4.69, 9.17) is 28.4 Å². The Morgan fingerprint density at radius 1 is 0.547 bits per heavy atom. The molecule has 1 heterocycles. The largest absolute Gasteiger partial charge is 0.497 e. The topological polar surface area (TPSA) is 102 Å². The van der Waals surface area contributed by atoms with Gasteiger partial charge in [-0.2, -0.15) is 0 Å². The predicted octanol–water partition coefficient (Wildman–Crippen LogP) is 16.0. The summed E-state index contributed by atoms with van der Waals surface area (Å²) in [4.78, 5) is 26.9. The number of hydrogen-bond acceptors (Lipinski definition) is 8. The molecule has 414 valence electrons. The summed E-state index contributed by atoms with van der Waals surface area (Å²) in [5.41, 5.74) is 4.04. The van der Waals surface area contributed by atoms with Crippen molar-refractivity contribution < 1.29 is 38.0 Å². The van der Waals surface area contributed by atoms with Crippen LogP contribution in [0.2, 0.25) is 0 Å². The van der Waals surface area contributed by atoms with Crippen molar-refractivity contribution in [3.05, 3.63) is 138 Å². The number of ether oxygens (including phenoxy) is 6. The zero-order valence-electron chi connectivity index (χ0n) is 46.9. The highest BCUT2D eigenvalue weighted by Gasteiger charge is 2.41. The average Bonchev–Trinajstić information content (AvgIpc) is 3.44.